The molecule has 0 aliphatic carbocycles. The van der Waals surface area contributed by atoms with Crippen molar-refractivity contribution in [1.29, 1.82) is 0 Å². The van der Waals surface area contributed by atoms with Gasteiger partial charge in [-0.25, -0.2) is 4.98 Å². The summed E-state index contributed by atoms with van der Waals surface area (Å²) >= 11 is 1.46. The molecule has 0 radical (unpaired) electrons. The highest BCUT2D eigenvalue weighted by atomic mass is 32.1. The summed E-state index contributed by atoms with van der Waals surface area (Å²) in [7, 11) is 1.87. The molecule has 94 valence electrons. The van der Waals surface area contributed by atoms with Crippen molar-refractivity contribution in [2.45, 2.75) is 25.8 Å². The lowest BCUT2D eigenvalue weighted by Gasteiger charge is -2.27. The highest BCUT2D eigenvalue weighted by Gasteiger charge is 2.26. The van der Waals surface area contributed by atoms with Gasteiger partial charge in [-0.05, 0) is 25.9 Å². The third-order valence-electron chi connectivity index (χ3n) is 3.39. The fraction of sp³-hybridized carbons (Fsp3) is 0.667. The number of nitrogens with zero attached hydrogens (tertiary/aromatic N) is 3. The minimum absolute atomic E-state index is 0.0363. The highest BCUT2D eigenvalue weighted by molar-refractivity contribution is 7.07. The van der Waals surface area contributed by atoms with E-state index in [0.717, 1.165) is 13.1 Å². The summed E-state index contributed by atoms with van der Waals surface area (Å²) in [6, 6.07) is 0.521. The van der Waals surface area contributed by atoms with Crippen molar-refractivity contribution in [3.63, 3.8) is 0 Å². The quantitative estimate of drug-likeness (QED) is 0.819. The lowest BCUT2D eigenvalue weighted by atomic mass is 10.2. The van der Waals surface area contributed by atoms with E-state index in [-0.39, 0.29) is 5.91 Å². The number of likely N-dealkylation sites (tertiary alicyclic amines) is 1. The summed E-state index contributed by atoms with van der Waals surface area (Å²) < 4.78 is 0. The highest BCUT2D eigenvalue weighted by Crippen LogP contribution is 2.18. The van der Waals surface area contributed by atoms with Gasteiger partial charge in [-0.3, -0.25) is 9.69 Å². The van der Waals surface area contributed by atoms with Crippen LogP contribution in [0.5, 0.6) is 0 Å². The van der Waals surface area contributed by atoms with Crippen LogP contribution >= 0.6 is 11.3 Å². The maximum absolute atomic E-state index is 12.0. The average Bonchev–Trinajstić information content (AvgIpc) is 2.98. The first-order valence-corrected chi connectivity index (χ1v) is 7.04. The van der Waals surface area contributed by atoms with Crippen LogP contribution in [0.15, 0.2) is 10.9 Å². The van der Waals surface area contributed by atoms with E-state index < -0.39 is 0 Å². The molecule has 1 unspecified atom stereocenters. The zero-order valence-electron chi connectivity index (χ0n) is 10.4. The van der Waals surface area contributed by atoms with Crippen LogP contribution in [0.3, 0.4) is 0 Å². The van der Waals surface area contributed by atoms with E-state index in [1.165, 1.54) is 30.7 Å². The lowest BCUT2D eigenvalue weighted by Crippen LogP contribution is -2.41. The van der Waals surface area contributed by atoms with Gasteiger partial charge in [-0.2, -0.15) is 0 Å². The molecule has 1 saturated heterocycles. The number of amides is 1. The van der Waals surface area contributed by atoms with Crippen LogP contribution in [0, 0.1) is 0 Å². The van der Waals surface area contributed by atoms with E-state index >= 15 is 0 Å². The monoisotopic (exact) mass is 253 g/mol. The normalized spacial score (nSPS) is 20.7. The molecule has 1 amide bonds. The molecule has 1 fully saturated rings. The fourth-order valence-corrected chi connectivity index (χ4v) is 2.96. The maximum Gasteiger partial charge on any atom is 0.273 e. The van der Waals surface area contributed by atoms with Crippen LogP contribution in [-0.4, -0.2) is 53.4 Å². The molecule has 0 bridgehead atoms. The Labute approximate surface area is 106 Å². The Morgan fingerprint density at radius 1 is 1.71 bits per heavy atom. The van der Waals surface area contributed by atoms with Crippen LogP contribution in [0.25, 0.3) is 0 Å². The van der Waals surface area contributed by atoms with Crippen molar-refractivity contribution in [3.05, 3.63) is 16.6 Å². The zero-order valence-corrected chi connectivity index (χ0v) is 11.2. The van der Waals surface area contributed by atoms with E-state index in [1.54, 1.807) is 10.4 Å². The number of aromatic nitrogens is 1. The number of rotatable bonds is 4. The smallest absolute Gasteiger partial charge is 0.273 e. The minimum Gasteiger partial charge on any atom is -0.339 e. The summed E-state index contributed by atoms with van der Waals surface area (Å²) in [5.41, 5.74) is 2.27. The van der Waals surface area contributed by atoms with E-state index in [1.807, 2.05) is 12.4 Å². The van der Waals surface area contributed by atoms with Crippen LogP contribution in [0.4, 0.5) is 0 Å². The van der Waals surface area contributed by atoms with Gasteiger partial charge in [-0.15, -0.1) is 11.3 Å². The fourth-order valence-electron chi connectivity index (χ4n) is 2.43. The topological polar surface area (TPSA) is 36.4 Å². The Bertz CT molecular complexity index is 366. The standard InChI is InChI=1S/C12H19N3OS/c1-3-15-6-4-5-10(15)7-14(2)12(16)11-8-17-9-13-11/h8-10H,3-7H2,1-2H3. The molecule has 5 heteroatoms. The molecule has 1 aromatic heterocycles. The third-order valence-corrected chi connectivity index (χ3v) is 3.97. The van der Waals surface area contributed by atoms with E-state index in [0.29, 0.717) is 11.7 Å². The predicted octanol–water partition coefficient (Wildman–Crippen LogP) is 1.70. The van der Waals surface area contributed by atoms with Crippen LogP contribution in [0.2, 0.25) is 0 Å². The second-order valence-corrected chi connectivity index (χ2v) is 5.20. The van der Waals surface area contributed by atoms with Crippen molar-refractivity contribution in [1.82, 2.24) is 14.8 Å². The van der Waals surface area contributed by atoms with Gasteiger partial charge in [0.15, 0.2) is 0 Å². The molecule has 0 spiro atoms. The molecular formula is C12H19N3OS. The van der Waals surface area contributed by atoms with E-state index in [2.05, 4.69) is 16.8 Å². The molecule has 1 aliphatic heterocycles. The molecule has 1 aromatic rings. The predicted molar refractivity (Wildman–Crippen MR) is 69.3 cm³/mol. The van der Waals surface area contributed by atoms with Gasteiger partial charge in [0.1, 0.15) is 5.69 Å². The van der Waals surface area contributed by atoms with Crippen LogP contribution in [0.1, 0.15) is 30.3 Å². The molecule has 2 rings (SSSR count). The summed E-state index contributed by atoms with van der Waals surface area (Å²) in [5, 5.41) is 1.81. The van der Waals surface area contributed by atoms with Gasteiger partial charge < -0.3 is 4.90 Å². The molecule has 2 heterocycles. The first-order valence-electron chi connectivity index (χ1n) is 6.10. The Hall–Kier alpha value is -0.940. The maximum atomic E-state index is 12.0. The molecule has 4 nitrogen and oxygen atoms in total. The zero-order chi connectivity index (χ0) is 12.3. The van der Waals surface area contributed by atoms with Gasteiger partial charge in [0.25, 0.3) is 5.91 Å². The number of carbonyl (C=O) groups is 1. The van der Waals surface area contributed by atoms with Gasteiger partial charge in [0.2, 0.25) is 0 Å². The number of hydrogen-bond donors (Lipinski definition) is 0. The largest absolute Gasteiger partial charge is 0.339 e. The van der Waals surface area contributed by atoms with Crippen LogP contribution < -0.4 is 0 Å². The molecular weight excluding hydrogens is 234 g/mol. The molecule has 1 atom stereocenters. The van der Waals surface area contributed by atoms with Crippen molar-refractivity contribution in [2.24, 2.45) is 0 Å². The number of thiazole rings is 1. The number of carbonyl (C=O) groups excluding carboxylic acids is 1. The van der Waals surface area contributed by atoms with Crippen LogP contribution in [-0.2, 0) is 0 Å². The van der Waals surface area contributed by atoms with Gasteiger partial charge in [-0.1, -0.05) is 6.92 Å². The number of likely N-dealkylation sites (N-methyl/N-ethyl adjacent to an activating group) is 2. The Morgan fingerprint density at radius 2 is 2.53 bits per heavy atom. The van der Waals surface area contributed by atoms with Gasteiger partial charge in [0.05, 0.1) is 5.51 Å². The second-order valence-electron chi connectivity index (χ2n) is 4.48. The summed E-state index contributed by atoms with van der Waals surface area (Å²) in [5.74, 6) is 0.0363. The molecule has 0 aromatic carbocycles. The first-order chi connectivity index (χ1) is 8.22. The van der Waals surface area contributed by atoms with Crippen molar-refractivity contribution >= 4 is 17.2 Å². The molecule has 0 saturated carbocycles. The summed E-state index contributed by atoms with van der Waals surface area (Å²) in [4.78, 5) is 20.4. The SMILES string of the molecule is CCN1CCCC1CN(C)C(=O)c1cscn1. The Kier molecular flexibility index (Phi) is 4.12. The van der Waals surface area contributed by atoms with Crippen molar-refractivity contribution < 1.29 is 4.79 Å². The third kappa shape index (κ3) is 2.84. The first kappa shape index (κ1) is 12.5. The van der Waals surface area contributed by atoms with E-state index in [9.17, 15) is 4.79 Å². The van der Waals surface area contributed by atoms with Crippen molar-refractivity contribution in [2.75, 3.05) is 26.7 Å². The average molecular weight is 253 g/mol. The van der Waals surface area contributed by atoms with Gasteiger partial charge in [0, 0.05) is 25.0 Å². The molecule has 0 N–H and O–H groups in total. The summed E-state index contributed by atoms with van der Waals surface area (Å²) in [6.07, 6.45) is 2.44. The molecule has 1 aliphatic rings. The Balaban J connectivity index is 1.92. The molecule has 17 heavy (non-hydrogen) atoms. The second kappa shape index (κ2) is 5.60. The Morgan fingerprint density at radius 3 is 3.18 bits per heavy atom. The summed E-state index contributed by atoms with van der Waals surface area (Å²) in [6.45, 7) is 5.23. The number of hydrogen-bond acceptors (Lipinski definition) is 4. The van der Waals surface area contributed by atoms with Crippen molar-refractivity contribution in [3.8, 4) is 0 Å². The van der Waals surface area contributed by atoms with Gasteiger partial charge >= 0.3 is 0 Å². The lowest BCUT2D eigenvalue weighted by molar-refractivity contribution is 0.0749. The van der Waals surface area contributed by atoms with E-state index in [4.69, 9.17) is 0 Å². The minimum atomic E-state index is 0.0363.